The summed E-state index contributed by atoms with van der Waals surface area (Å²) in [5.74, 6) is 1.66. The molecular formula is C20H30N6O2S2. The first-order valence-electron chi connectivity index (χ1n) is 10.4. The minimum atomic E-state index is -0.169. The van der Waals surface area contributed by atoms with Crippen molar-refractivity contribution in [3.63, 3.8) is 0 Å². The summed E-state index contributed by atoms with van der Waals surface area (Å²) in [4.78, 5) is 30.9. The molecule has 0 atom stereocenters. The smallest absolute Gasteiger partial charge is 0.265 e. The fourth-order valence-corrected chi connectivity index (χ4v) is 5.51. The topological polar surface area (TPSA) is 93.0 Å². The third kappa shape index (κ3) is 5.60. The summed E-state index contributed by atoms with van der Waals surface area (Å²) in [5, 5.41) is 12.7. The van der Waals surface area contributed by atoms with Gasteiger partial charge in [-0.1, -0.05) is 55.2 Å². The first-order valence-corrected chi connectivity index (χ1v) is 12.2. The van der Waals surface area contributed by atoms with Gasteiger partial charge >= 0.3 is 0 Å². The van der Waals surface area contributed by atoms with E-state index in [0.29, 0.717) is 21.6 Å². The SMILES string of the molecule is CCn1c(CC2CCCCC2)nnc1SCC(=O)Nc1nc(C)c(C(=O)N(C)C)s1. The molecule has 0 aliphatic heterocycles. The van der Waals surface area contributed by atoms with E-state index in [4.69, 9.17) is 0 Å². The number of thioether (sulfide) groups is 1. The average molecular weight is 451 g/mol. The molecule has 0 unspecified atom stereocenters. The molecular weight excluding hydrogens is 420 g/mol. The summed E-state index contributed by atoms with van der Waals surface area (Å²) >= 11 is 2.58. The number of aromatic nitrogens is 4. The Morgan fingerprint density at radius 2 is 1.97 bits per heavy atom. The lowest BCUT2D eigenvalue weighted by Crippen LogP contribution is -2.21. The van der Waals surface area contributed by atoms with E-state index in [0.717, 1.165) is 23.9 Å². The number of carbonyl (C=O) groups is 2. The highest BCUT2D eigenvalue weighted by molar-refractivity contribution is 7.99. The van der Waals surface area contributed by atoms with Gasteiger partial charge in [-0.3, -0.25) is 9.59 Å². The van der Waals surface area contributed by atoms with Crippen LogP contribution in [0.4, 0.5) is 5.13 Å². The second-order valence-electron chi connectivity index (χ2n) is 7.82. The number of amides is 2. The molecule has 2 amide bonds. The van der Waals surface area contributed by atoms with Crippen molar-refractivity contribution < 1.29 is 9.59 Å². The number of nitrogens with zero attached hydrogens (tertiary/aromatic N) is 5. The summed E-state index contributed by atoms with van der Waals surface area (Å²) in [6, 6.07) is 0. The van der Waals surface area contributed by atoms with Crippen LogP contribution < -0.4 is 5.32 Å². The number of aryl methyl sites for hydroxylation is 1. The second-order valence-corrected chi connectivity index (χ2v) is 9.76. The average Bonchev–Trinajstić information content (AvgIpc) is 3.28. The van der Waals surface area contributed by atoms with Gasteiger partial charge < -0.3 is 14.8 Å². The largest absolute Gasteiger partial charge is 0.344 e. The summed E-state index contributed by atoms with van der Waals surface area (Å²) < 4.78 is 2.12. The maximum Gasteiger partial charge on any atom is 0.265 e. The van der Waals surface area contributed by atoms with Gasteiger partial charge in [0.05, 0.1) is 11.4 Å². The van der Waals surface area contributed by atoms with Crippen LogP contribution in [0, 0.1) is 12.8 Å². The number of nitrogens with one attached hydrogen (secondary N) is 1. The van der Waals surface area contributed by atoms with Gasteiger partial charge in [-0.2, -0.15) is 0 Å². The molecule has 0 spiro atoms. The van der Waals surface area contributed by atoms with Crippen molar-refractivity contribution in [1.29, 1.82) is 0 Å². The van der Waals surface area contributed by atoms with Crippen LogP contribution in [0.25, 0.3) is 0 Å². The minimum absolute atomic E-state index is 0.110. The monoisotopic (exact) mass is 450 g/mol. The number of carbonyl (C=O) groups excluding carboxylic acids is 2. The molecule has 0 radical (unpaired) electrons. The zero-order chi connectivity index (χ0) is 21.7. The predicted octanol–water partition coefficient (Wildman–Crippen LogP) is 3.62. The fourth-order valence-electron chi connectivity index (χ4n) is 3.68. The molecule has 1 fully saturated rings. The summed E-state index contributed by atoms with van der Waals surface area (Å²) in [7, 11) is 3.39. The molecule has 3 rings (SSSR count). The highest BCUT2D eigenvalue weighted by Gasteiger charge is 2.21. The molecule has 1 aliphatic carbocycles. The van der Waals surface area contributed by atoms with Crippen LogP contribution in [0.1, 0.15) is 60.2 Å². The Labute approximate surface area is 185 Å². The Bertz CT molecular complexity index is 886. The van der Waals surface area contributed by atoms with Crippen LogP contribution in [0.3, 0.4) is 0 Å². The number of thiazole rings is 1. The number of anilines is 1. The Morgan fingerprint density at radius 3 is 2.63 bits per heavy atom. The van der Waals surface area contributed by atoms with Crippen LogP contribution >= 0.6 is 23.1 Å². The van der Waals surface area contributed by atoms with Crippen molar-refractivity contribution in [1.82, 2.24) is 24.6 Å². The van der Waals surface area contributed by atoms with Crippen molar-refractivity contribution in [2.75, 3.05) is 25.2 Å². The zero-order valence-corrected chi connectivity index (χ0v) is 19.7. The van der Waals surface area contributed by atoms with E-state index in [1.807, 2.05) is 0 Å². The van der Waals surface area contributed by atoms with Crippen molar-refractivity contribution in [2.45, 2.75) is 64.1 Å². The van der Waals surface area contributed by atoms with E-state index in [-0.39, 0.29) is 17.6 Å². The first-order chi connectivity index (χ1) is 14.4. The molecule has 8 nitrogen and oxygen atoms in total. The quantitative estimate of drug-likeness (QED) is 0.618. The molecule has 0 bridgehead atoms. The Balaban J connectivity index is 1.57. The maximum atomic E-state index is 12.4. The third-order valence-corrected chi connectivity index (χ3v) is 7.31. The molecule has 0 saturated heterocycles. The molecule has 0 aromatic carbocycles. The number of rotatable bonds is 8. The van der Waals surface area contributed by atoms with E-state index >= 15 is 0 Å². The number of hydrogen-bond acceptors (Lipinski definition) is 7. The normalized spacial score (nSPS) is 14.7. The Hall–Kier alpha value is -1.94. The molecule has 30 heavy (non-hydrogen) atoms. The lowest BCUT2D eigenvalue weighted by atomic mass is 9.87. The van der Waals surface area contributed by atoms with Crippen LogP contribution in [0.5, 0.6) is 0 Å². The van der Waals surface area contributed by atoms with Gasteiger partial charge in [0.2, 0.25) is 5.91 Å². The van der Waals surface area contributed by atoms with E-state index < -0.39 is 0 Å². The van der Waals surface area contributed by atoms with Crippen LogP contribution in [0.2, 0.25) is 0 Å². The van der Waals surface area contributed by atoms with Gasteiger partial charge in [0.15, 0.2) is 10.3 Å². The number of hydrogen-bond donors (Lipinski definition) is 1. The standard InChI is InChI=1S/C20H30N6O2S2/c1-5-26-15(11-14-9-7-6-8-10-14)23-24-20(26)29-12-16(27)22-19-21-13(2)17(30-19)18(28)25(3)4/h14H,5-12H2,1-4H3,(H,21,22,27). The molecule has 1 aliphatic rings. The molecule has 10 heteroatoms. The van der Waals surface area contributed by atoms with Crippen LogP contribution in [-0.4, -0.2) is 56.3 Å². The van der Waals surface area contributed by atoms with Crippen molar-refractivity contribution >= 4 is 40.0 Å². The Kier molecular flexibility index (Phi) is 7.87. The molecule has 2 aromatic rings. The van der Waals surface area contributed by atoms with E-state index in [9.17, 15) is 9.59 Å². The van der Waals surface area contributed by atoms with E-state index in [1.165, 1.54) is 60.1 Å². The van der Waals surface area contributed by atoms with Crippen LogP contribution in [-0.2, 0) is 17.8 Å². The van der Waals surface area contributed by atoms with Crippen molar-refractivity contribution in [3.05, 3.63) is 16.4 Å². The van der Waals surface area contributed by atoms with Gasteiger partial charge in [0, 0.05) is 27.1 Å². The molecule has 1 N–H and O–H groups in total. The predicted molar refractivity (Wildman–Crippen MR) is 120 cm³/mol. The van der Waals surface area contributed by atoms with Crippen LogP contribution in [0.15, 0.2) is 5.16 Å². The van der Waals surface area contributed by atoms with Crippen molar-refractivity contribution in [2.24, 2.45) is 5.92 Å². The second kappa shape index (κ2) is 10.4. The summed E-state index contributed by atoms with van der Waals surface area (Å²) in [6.45, 7) is 4.65. The first kappa shape index (κ1) is 22.7. The molecule has 2 aromatic heterocycles. The summed E-state index contributed by atoms with van der Waals surface area (Å²) in [5.41, 5.74) is 0.625. The van der Waals surface area contributed by atoms with Gasteiger partial charge in [-0.25, -0.2) is 4.98 Å². The lowest BCUT2D eigenvalue weighted by Gasteiger charge is -2.21. The van der Waals surface area contributed by atoms with Gasteiger partial charge in [-0.05, 0) is 19.8 Å². The van der Waals surface area contributed by atoms with Gasteiger partial charge in [-0.15, -0.1) is 10.2 Å². The Morgan fingerprint density at radius 1 is 1.23 bits per heavy atom. The van der Waals surface area contributed by atoms with Gasteiger partial charge in [0.1, 0.15) is 10.7 Å². The van der Waals surface area contributed by atoms with Crippen molar-refractivity contribution in [3.8, 4) is 0 Å². The molecule has 164 valence electrons. The molecule has 2 heterocycles. The van der Waals surface area contributed by atoms with E-state index in [1.54, 1.807) is 21.0 Å². The zero-order valence-electron chi connectivity index (χ0n) is 18.1. The third-order valence-electron chi connectivity index (χ3n) is 5.28. The molecule has 1 saturated carbocycles. The van der Waals surface area contributed by atoms with Gasteiger partial charge in [0.25, 0.3) is 5.91 Å². The lowest BCUT2D eigenvalue weighted by molar-refractivity contribution is -0.113. The highest BCUT2D eigenvalue weighted by Crippen LogP contribution is 2.28. The highest BCUT2D eigenvalue weighted by atomic mass is 32.2. The minimum Gasteiger partial charge on any atom is -0.344 e. The van der Waals surface area contributed by atoms with E-state index in [2.05, 4.69) is 32.0 Å². The maximum absolute atomic E-state index is 12.4. The summed E-state index contributed by atoms with van der Waals surface area (Å²) in [6.07, 6.45) is 7.47. The fraction of sp³-hybridized carbons (Fsp3) is 0.650.